The topological polar surface area (TPSA) is 29.0 Å². The van der Waals surface area contributed by atoms with E-state index in [1.54, 1.807) is 0 Å². The highest BCUT2D eigenvalue weighted by atomic mass is 35.5. The fraction of sp³-hybridized carbons (Fsp3) is 0.429. The molecule has 18 heavy (non-hydrogen) atoms. The van der Waals surface area contributed by atoms with Crippen molar-refractivity contribution in [2.24, 2.45) is 0 Å². The van der Waals surface area contributed by atoms with Gasteiger partial charge in [0.05, 0.1) is 5.52 Å². The molecule has 96 valence electrons. The lowest BCUT2D eigenvalue weighted by molar-refractivity contribution is 0.717. The molecule has 0 aliphatic heterocycles. The first-order chi connectivity index (χ1) is 8.85. The van der Waals surface area contributed by atoms with E-state index in [4.69, 9.17) is 11.6 Å². The fourth-order valence-electron chi connectivity index (χ4n) is 1.88. The molecule has 4 heteroatoms. The van der Waals surface area contributed by atoms with Gasteiger partial charge in [0.15, 0.2) is 0 Å². The number of benzene rings is 1. The summed E-state index contributed by atoms with van der Waals surface area (Å²) in [5.74, 6) is 1.38. The zero-order valence-electron chi connectivity index (χ0n) is 10.6. The zero-order valence-corrected chi connectivity index (χ0v) is 11.4. The number of anilines is 1. The lowest BCUT2D eigenvalue weighted by Crippen LogP contribution is -2.28. The molecule has 1 heterocycles. The summed E-state index contributed by atoms with van der Waals surface area (Å²) in [6.45, 7) is 3.93. The van der Waals surface area contributed by atoms with Crippen molar-refractivity contribution in [2.75, 3.05) is 23.9 Å². The summed E-state index contributed by atoms with van der Waals surface area (Å²) in [4.78, 5) is 11.2. The quantitative estimate of drug-likeness (QED) is 0.748. The van der Waals surface area contributed by atoms with E-state index in [1.807, 2.05) is 30.5 Å². The van der Waals surface area contributed by atoms with Crippen LogP contribution < -0.4 is 4.90 Å². The van der Waals surface area contributed by atoms with Gasteiger partial charge in [-0.25, -0.2) is 9.97 Å². The Morgan fingerprint density at radius 2 is 2.06 bits per heavy atom. The third-order valence-corrected chi connectivity index (χ3v) is 3.06. The normalized spacial score (nSPS) is 10.8. The number of hydrogen-bond donors (Lipinski definition) is 0. The second kappa shape index (κ2) is 6.55. The molecule has 0 radical (unpaired) electrons. The van der Waals surface area contributed by atoms with Gasteiger partial charge in [-0.05, 0) is 12.5 Å². The van der Waals surface area contributed by atoms with Crippen LogP contribution in [0, 0.1) is 0 Å². The molecule has 1 aromatic heterocycles. The first kappa shape index (κ1) is 13.1. The Morgan fingerprint density at radius 3 is 2.83 bits per heavy atom. The Labute approximate surface area is 113 Å². The minimum absolute atomic E-state index is 0.597. The highest BCUT2D eigenvalue weighted by Crippen LogP contribution is 2.15. The summed E-state index contributed by atoms with van der Waals surface area (Å²) >= 11 is 5.85. The second-order valence-corrected chi connectivity index (χ2v) is 4.64. The Bertz CT molecular complexity index is 501. The molecule has 2 aromatic rings. The van der Waals surface area contributed by atoms with Gasteiger partial charge >= 0.3 is 0 Å². The van der Waals surface area contributed by atoms with Crippen LogP contribution in [0.1, 0.15) is 19.8 Å². The number of nitrogens with zero attached hydrogens (tertiary/aromatic N) is 3. The molecule has 0 fully saturated rings. The van der Waals surface area contributed by atoms with Crippen molar-refractivity contribution in [3.63, 3.8) is 0 Å². The number of unbranched alkanes of at least 4 members (excludes halogenated alkanes) is 1. The van der Waals surface area contributed by atoms with Crippen LogP contribution in [0.4, 0.5) is 5.95 Å². The van der Waals surface area contributed by atoms with Gasteiger partial charge in [0.2, 0.25) is 5.95 Å². The van der Waals surface area contributed by atoms with E-state index < -0.39 is 0 Å². The van der Waals surface area contributed by atoms with Crippen LogP contribution >= 0.6 is 11.6 Å². The molecule has 0 aliphatic carbocycles. The monoisotopic (exact) mass is 263 g/mol. The molecule has 0 atom stereocenters. The van der Waals surface area contributed by atoms with Gasteiger partial charge in [0.25, 0.3) is 0 Å². The molecular formula is C14H18ClN3. The third kappa shape index (κ3) is 3.10. The van der Waals surface area contributed by atoms with Crippen molar-refractivity contribution < 1.29 is 0 Å². The standard InChI is InChI=1S/C14H18ClN3/c1-2-3-9-18(10-8-15)14-16-11-12-6-4-5-7-13(12)17-14/h4-7,11H,2-3,8-10H2,1H3. The molecule has 0 aliphatic rings. The molecule has 0 amide bonds. The minimum Gasteiger partial charge on any atom is -0.340 e. The molecule has 0 spiro atoms. The van der Waals surface area contributed by atoms with Gasteiger partial charge in [0.1, 0.15) is 0 Å². The summed E-state index contributed by atoms with van der Waals surface area (Å²) in [5, 5.41) is 1.07. The number of fused-ring (bicyclic) bond motifs is 1. The van der Waals surface area contributed by atoms with Crippen molar-refractivity contribution in [1.82, 2.24) is 9.97 Å². The van der Waals surface area contributed by atoms with Crippen molar-refractivity contribution in [3.8, 4) is 0 Å². The molecule has 3 nitrogen and oxygen atoms in total. The van der Waals surface area contributed by atoms with E-state index in [9.17, 15) is 0 Å². The Hall–Kier alpha value is -1.35. The van der Waals surface area contributed by atoms with Gasteiger partial charge < -0.3 is 4.90 Å². The third-order valence-electron chi connectivity index (χ3n) is 2.90. The average Bonchev–Trinajstić information content (AvgIpc) is 2.43. The number of alkyl halides is 1. The van der Waals surface area contributed by atoms with Gasteiger partial charge in [-0.3, -0.25) is 0 Å². The lowest BCUT2D eigenvalue weighted by Gasteiger charge is -2.21. The Balaban J connectivity index is 2.25. The largest absolute Gasteiger partial charge is 0.340 e. The highest BCUT2D eigenvalue weighted by molar-refractivity contribution is 6.18. The Kier molecular flexibility index (Phi) is 4.76. The number of halogens is 1. The highest BCUT2D eigenvalue weighted by Gasteiger charge is 2.08. The SMILES string of the molecule is CCCCN(CCCl)c1ncc2ccccc2n1. The molecule has 0 N–H and O–H groups in total. The average molecular weight is 264 g/mol. The molecular weight excluding hydrogens is 246 g/mol. The van der Waals surface area contributed by atoms with Crippen molar-refractivity contribution in [3.05, 3.63) is 30.5 Å². The number of aromatic nitrogens is 2. The van der Waals surface area contributed by atoms with Crippen LogP contribution in [-0.2, 0) is 0 Å². The van der Waals surface area contributed by atoms with Gasteiger partial charge in [0, 0.05) is 30.6 Å². The van der Waals surface area contributed by atoms with E-state index in [-0.39, 0.29) is 0 Å². The molecule has 0 saturated carbocycles. The van der Waals surface area contributed by atoms with E-state index in [1.165, 1.54) is 0 Å². The van der Waals surface area contributed by atoms with Crippen LogP contribution in [0.3, 0.4) is 0 Å². The van der Waals surface area contributed by atoms with Gasteiger partial charge in [-0.1, -0.05) is 31.5 Å². The van der Waals surface area contributed by atoms with Crippen LogP contribution in [0.5, 0.6) is 0 Å². The van der Waals surface area contributed by atoms with Crippen LogP contribution in [0.25, 0.3) is 10.9 Å². The maximum absolute atomic E-state index is 5.85. The van der Waals surface area contributed by atoms with E-state index in [0.29, 0.717) is 5.88 Å². The van der Waals surface area contributed by atoms with Crippen LogP contribution in [-0.4, -0.2) is 28.9 Å². The molecule has 0 unspecified atom stereocenters. The predicted octanol–water partition coefficient (Wildman–Crippen LogP) is 3.48. The summed E-state index contributed by atoms with van der Waals surface area (Å²) in [7, 11) is 0. The summed E-state index contributed by atoms with van der Waals surface area (Å²) < 4.78 is 0. The maximum atomic E-state index is 5.85. The fourth-order valence-corrected chi connectivity index (χ4v) is 2.08. The molecule has 2 rings (SSSR count). The number of hydrogen-bond acceptors (Lipinski definition) is 3. The Morgan fingerprint density at radius 1 is 1.22 bits per heavy atom. The first-order valence-electron chi connectivity index (χ1n) is 6.38. The van der Waals surface area contributed by atoms with Crippen LogP contribution in [0.15, 0.2) is 30.5 Å². The first-order valence-corrected chi connectivity index (χ1v) is 6.91. The number of para-hydroxylation sites is 1. The molecule has 0 saturated heterocycles. The minimum atomic E-state index is 0.597. The zero-order chi connectivity index (χ0) is 12.8. The predicted molar refractivity (Wildman–Crippen MR) is 77.4 cm³/mol. The van der Waals surface area contributed by atoms with Crippen LogP contribution in [0.2, 0.25) is 0 Å². The van der Waals surface area contributed by atoms with E-state index >= 15 is 0 Å². The van der Waals surface area contributed by atoms with Gasteiger partial charge in [-0.2, -0.15) is 0 Å². The van der Waals surface area contributed by atoms with Crippen molar-refractivity contribution in [2.45, 2.75) is 19.8 Å². The summed E-state index contributed by atoms with van der Waals surface area (Å²) in [5.41, 5.74) is 0.985. The summed E-state index contributed by atoms with van der Waals surface area (Å²) in [6.07, 6.45) is 4.17. The van der Waals surface area contributed by atoms with E-state index in [0.717, 1.165) is 42.8 Å². The number of rotatable bonds is 6. The lowest BCUT2D eigenvalue weighted by atomic mass is 10.2. The molecule has 0 bridgehead atoms. The second-order valence-electron chi connectivity index (χ2n) is 4.26. The maximum Gasteiger partial charge on any atom is 0.225 e. The smallest absolute Gasteiger partial charge is 0.225 e. The van der Waals surface area contributed by atoms with Crippen molar-refractivity contribution >= 4 is 28.5 Å². The van der Waals surface area contributed by atoms with Crippen molar-refractivity contribution in [1.29, 1.82) is 0 Å². The van der Waals surface area contributed by atoms with Gasteiger partial charge in [-0.15, -0.1) is 11.6 Å². The molecule has 1 aromatic carbocycles. The summed E-state index contributed by atoms with van der Waals surface area (Å²) in [6, 6.07) is 8.03. The van der Waals surface area contributed by atoms with E-state index in [2.05, 4.69) is 21.8 Å².